The van der Waals surface area contributed by atoms with E-state index in [0.717, 1.165) is 38.9 Å². The minimum Gasteiger partial charge on any atom is -0.330 e. The van der Waals surface area contributed by atoms with Gasteiger partial charge in [-0.15, -0.1) is 0 Å². The Labute approximate surface area is 93.6 Å². The fourth-order valence-electron chi connectivity index (χ4n) is 1.57. The third-order valence-corrected chi connectivity index (χ3v) is 5.33. The van der Waals surface area contributed by atoms with Gasteiger partial charge < -0.3 is 17.2 Å². The first-order chi connectivity index (χ1) is 6.83. The lowest BCUT2D eigenvalue weighted by Crippen LogP contribution is -2.14. The van der Waals surface area contributed by atoms with E-state index in [1.807, 2.05) is 21.6 Å². The van der Waals surface area contributed by atoms with E-state index in [-0.39, 0.29) is 0 Å². The van der Waals surface area contributed by atoms with E-state index < -0.39 is 0 Å². The summed E-state index contributed by atoms with van der Waals surface area (Å²) in [6.07, 6.45) is 3.05. The van der Waals surface area contributed by atoms with E-state index >= 15 is 0 Å². The van der Waals surface area contributed by atoms with Gasteiger partial charge in [-0.1, -0.05) is 21.6 Å². The van der Waals surface area contributed by atoms with Crippen LogP contribution in [0.3, 0.4) is 0 Å². The third kappa shape index (κ3) is 3.17. The van der Waals surface area contributed by atoms with Gasteiger partial charge in [0.1, 0.15) is 0 Å². The molecular weight excluding hydrogens is 214 g/mol. The highest BCUT2D eigenvalue weighted by Crippen LogP contribution is 2.49. The molecule has 1 unspecified atom stereocenters. The lowest BCUT2D eigenvalue weighted by atomic mass is 10.0. The summed E-state index contributed by atoms with van der Waals surface area (Å²) in [7, 11) is 3.78. The molecule has 0 saturated carbocycles. The molecule has 0 aromatic heterocycles. The number of rotatable bonds is 6. The van der Waals surface area contributed by atoms with E-state index in [2.05, 4.69) is 0 Å². The molecule has 0 fully saturated rings. The largest absolute Gasteiger partial charge is 0.330 e. The maximum absolute atomic E-state index is 5.61. The van der Waals surface area contributed by atoms with Gasteiger partial charge in [0.25, 0.3) is 0 Å². The van der Waals surface area contributed by atoms with Crippen LogP contribution in [-0.2, 0) is 0 Å². The van der Waals surface area contributed by atoms with E-state index in [1.165, 1.54) is 10.5 Å². The van der Waals surface area contributed by atoms with Crippen molar-refractivity contribution in [1.82, 2.24) is 0 Å². The Morgan fingerprint density at radius 1 is 1.00 bits per heavy atom. The second-order valence-electron chi connectivity index (χ2n) is 3.27. The Hall–Kier alpha value is 0.320. The second-order valence-corrected chi connectivity index (χ2v) is 5.77. The molecule has 1 heterocycles. The van der Waals surface area contributed by atoms with E-state index in [1.54, 1.807) is 0 Å². The lowest BCUT2D eigenvalue weighted by Gasteiger charge is -2.11. The van der Waals surface area contributed by atoms with E-state index in [4.69, 9.17) is 17.2 Å². The van der Waals surface area contributed by atoms with Crippen LogP contribution < -0.4 is 17.2 Å². The van der Waals surface area contributed by atoms with Crippen molar-refractivity contribution in [2.75, 3.05) is 19.6 Å². The van der Waals surface area contributed by atoms with Gasteiger partial charge in [0, 0.05) is 5.25 Å². The molecule has 0 radical (unpaired) electrons. The molecule has 0 spiro atoms. The minimum atomic E-state index is 0.579. The molecule has 0 aliphatic carbocycles. The average Bonchev–Trinajstić information content (AvgIpc) is 2.52. The monoisotopic (exact) mass is 233 g/mol. The summed E-state index contributed by atoms with van der Waals surface area (Å²) in [5.74, 6) is 0. The molecule has 0 saturated heterocycles. The van der Waals surface area contributed by atoms with Gasteiger partial charge in [-0.25, -0.2) is 0 Å². The van der Waals surface area contributed by atoms with Gasteiger partial charge in [0.15, 0.2) is 0 Å². The molecule has 82 valence electrons. The van der Waals surface area contributed by atoms with Crippen molar-refractivity contribution >= 4 is 21.6 Å². The van der Waals surface area contributed by atoms with Gasteiger partial charge in [-0.05, 0) is 49.4 Å². The predicted molar refractivity (Wildman–Crippen MR) is 67.0 cm³/mol. The van der Waals surface area contributed by atoms with Gasteiger partial charge in [0.2, 0.25) is 0 Å². The zero-order valence-corrected chi connectivity index (χ0v) is 10.0. The van der Waals surface area contributed by atoms with Crippen molar-refractivity contribution in [3.8, 4) is 0 Å². The molecule has 1 aliphatic rings. The number of hydrogen-bond donors (Lipinski definition) is 3. The van der Waals surface area contributed by atoms with E-state index in [9.17, 15) is 0 Å². The van der Waals surface area contributed by atoms with Crippen LogP contribution in [-0.4, -0.2) is 24.9 Å². The van der Waals surface area contributed by atoms with Crippen LogP contribution in [0.25, 0.3) is 0 Å². The molecule has 0 aromatic rings. The van der Waals surface area contributed by atoms with E-state index in [0.29, 0.717) is 5.25 Å². The first-order valence-electron chi connectivity index (χ1n) is 4.99. The Bertz CT molecular complexity index is 206. The van der Waals surface area contributed by atoms with Crippen molar-refractivity contribution in [3.63, 3.8) is 0 Å². The molecule has 14 heavy (non-hydrogen) atoms. The van der Waals surface area contributed by atoms with Crippen molar-refractivity contribution in [2.45, 2.75) is 24.5 Å². The molecular formula is C9H19N3S2. The molecule has 0 aromatic carbocycles. The highest BCUT2D eigenvalue weighted by Gasteiger charge is 2.25. The van der Waals surface area contributed by atoms with Gasteiger partial charge in [0.05, 0.1) is 0 Å². The lowest BCUT2D eigenvalue weighted by molar-refractivity contribution is 0.787. The molecule has 0 bridgehead atoms. The van der Waals surface area contributed by atoms with Crippen LogP contribution in [0.4, 0.5) is 0 Å². The predicted octanol–water partition coefficient (Wildman–Crippen LogP) is 1.05. The molecule has 5 heteroatoms. The molecule has 0 amide bonds. The van der Waals surface area contributed by atoms with Crippen molar-refractivity contribution in [2.24, 2.45) is 17.2 Å². The minimum absolute atomic E-state index is 0.579. The van der Waals surface area contributed by atoms with Gasteiger partial charge in [-0.2, -0.15) is 0 Å². The summed E-state index contributed by atoms with van der Waals surface area (Å²) in [6, 6.07) is 0. The van der Waals surface area contributed by atoms with Crippen LogP contribution in [0.15, 0.2) is 10.5 Å². The Kier molecular flexibility index (Phi) is 5.96. The van der Waals surface area contributed by atoms with Crippen molar-refractivity contribution in [3.05, 3.63) is 10.5 Å². The third-order valence-electron chi connectivity index (χ3n) is 2.23. The second kappa shape index (κ2) is 6.74. The Balaban J connectivity index is 2.63. The normalized spacial score (nSPS) is 22.1. The zero-order chi connectivity index (χ0) is 10.4. The van der Waals surface area contributed by atoms with Gasteiger partial charge >= 0.3 is 0 Å². The smallest absolute Gasteiger partial charge is 0.0387 e. The van der Waals surface area contributed by atoms with Crippen LogP contribution in [0.1, 0.15) is 19.3 Å². The Morgan fingerprint density at radius 3 is 2.29 bits per heavy atom. The standard InChI is InChI=1S/C9H19N3S2/c10-4-1-7-8(2-5-11)13-14-9(7)3-6-12/h8H,1-6,10-12H2. The van der Waals surface area contributed by atoms with Crippen LogP contribution >= 0.6 is 21.6 Å². The number of hydrogen-bond acceptors (Lipinski definition) is 5. The summed E-state index contributed by atoms with van der Waals surface area (Å²) in [5.41, 5.74) is 18.3. The first kappa shape index (κ1) is 12.4. The SMILES string of the molecule is NCCC1=C(CCN)C(CCN)SS1. The summed E-state index contributed by atoms with van der Waals surface area (Å²) < 4.78 is 0. The quantitative estimate of drug-likeness (QED) is 0.598. The average molecular weight is 233 g/mol. The highest BCUT2D eigenvalue weighted by molar-refractivity contribution is 8.78. The first-order valence-corrected chi connectivity index (χ1v) is 7.20. The fraction of sp³-hybridized carbons (Fsp3) is 0.778. The molecule has 1 aliphatic heterocycles. The van der Waals surface area contributed by atoms with Crippen molar-refractivity contribution in [1.29, 1.82) is 0 Å². The summed E-state index contributed by atoms with van der Waals surface area (Å²) in [4.78, 5) is 1.45. The van der Waals surface area contributed by atoms with Crippen LogP contribution in [0.2, 0.25) is 0 Å². The topological polar surface area (TPSA) is 78.1 Å². The number of nitrogens with two attached hydrogens (primary N) is 3. The van der Waals surface area contributed by atoms with Crippen LogP contribution in [0, 0.1) is 0 Å². The summed E-state index contributed by atoms with van der Waals surface area (Å²) >= 11 is 0. The molecule has 3 nitrogen and oxygen atoms in total. The summed E-state index contributed by atoms with van der Waals surface area (Å²) in [5, 5.41) is 0.579. The Morgan fingerprint density at radius 2 is 1.71 bits per heavy atom. The maximum atomic E-state index is 5.61. The molecule has 6 N–H and O–H groups in total. The maximum Gasteiger partial charge on any atom is 0.0387 e. The zero-order valence-electron chi connectivity index (χ0n) is 8.37. The van der Waals surface area contributed by atoms with Gasteiger partial charge in [-0.3, -0.25) is 0 Å². The fourth-order valence-corrected chi connectivity index (χ4v) is 4.94. The molecule has 1 rings (SSSR count). The van der Waals surface area contributed by atoms with Crippen molar-refractivity contribution < 1.29 is 0 Å². The summed E-state index contributed by atoms with van der Waals surface area (Å²) in [6.45, 7) is 2.21. The molecule has 1 atom stereocenters. The highest BCUT2D eigenvalue weighted by atomic mass is 33.1. The van der Waals surface area contributed by atoms with Crippen LogP contribution in [0.5, 0.6) is 0 Å².